The summed E-state index contributed by atoms with van der Waals surface area (Å²) in [6, 6.07) is 0. The van der Waals surface area contributed by atoms with E-state index in [4.69, 9.17) is 0 Å². The van der Waals surface area contributed by atoms with Crippen LogP contribution >= 0.6 is 0 Å². The largest absolute Gasteiger partial charge is 0.465 e. The van der Waals surface area contributed by atoms with E-state index in [2.05, 4.69) is 4.74 Å². The summed E-state index contributed by atoms with van der Waals surface area (Å²) in [7, 11) is 1.39. The number of esters is 1. The predicted octanol–water partition coefficient (Wildman–Crippen LogP) is 1.60. The predicted molar refractivity (Wildman–Crippen MR) is 46.2 cm³/mol. The molecule has 66 valence electrons. The summed E-state index contributed by atoms with van der Waals surface area (Å²) >= 11 is 0. The average Bonchev–Trinajstić information content (AvgIpc) is 2.45. The number of carbonyl (C=O) groups is 1. The zero-order valence-corrected chi connectivity index (χ0v) is 7.63. The Labute approximate surface area is 72.0 Å². The van der Waals surface area contributed by atoms with Gasteiger partial charge in [0.25, 0.3) is 0 Å². The van der Waals surface area contributed by atoms with Gasteiger partial charge in [-0.1, -0.05) is 0 Å². The molecule has 0 radical (unpaired) electrons. The Bertz CT molecular complexity index is 289. The molecule has 0 amide bonds. The van der Waals surface area contributed by atoms with Gasteiger partial charge in [0.2, 0.25) is 0 Å². The van der Waals surface area contributed by atoms with Crippen LogP contribution in [0, 0.1) is 6.92 Å². The zero-order chi connectivity index (χ0) is 9.14. The molecule has 3 heteroatoms. The monoisotopic (exact) mass is 167 g/mol. The van der Waals surface area contributed by atoms with Crippen molar-refractivity contribution < 1.29 is 9.53 Å². The van der Waals surface area contributed by atoms with E-state index in [9.17, 15) is 4.79 Å². The number of methoxy groups -OCH3 is 1. The second-order valence-corrected chi connectivity index (χ2v) is 2.68. The molecule has 0 unspecified atom stereocenters. The van der Waals surface area contributed by atoms with Crippen molar-refractivity contribution >= 4 is 5.97 Å². The lowest BCUT2D eigenvalue weighted by atomic mass is 10.2. The SMILES string of the molecule is CCn1cc(C)c(C(=O)OC)c1. The van der Waals surface area contributed by atoms with Crippen LogP contribution in [0.4, 0.5) is 0 Å². The fourth-order valence-electron chi connectivity index (χ4n) is 1.13. The van der Waals surface area contributed by atoms with Gasteiger partial charge in [-0.2, -0.15) is 0 Å². The highest BCUT2D eigenvalue weighted by atomic mass is 16.5. The molecule has 12 heavy (non-hydrogen) atoms. The third-order valence-corrected chi connectivity index (χ3v) is 1.85. The standard InChI is InChI=1S/C9H13NO2/c1-4-10-5-7(2)8(6-10)9(11)12-3/h5-6H,4H2,1-3H3. The molecule has 0 atom stereocenters. The summed E-state index contributed by atoms with van der Waals surface area (Å²) < 4.78 is 6.58. The number of rotatable bonds is 2. The molecule has 0 aromatic carbocycles. The second kappa shape index (κ2) is 3.43. The first-order valence-electron chi connectivity index (χ1n) is 3.93. The lowest BCUT2D eigenvalue weighted by molar-refractivity contribution is 0.0600. The number of aromatic nitrogens is 1. The number of nitrogens with zero attached hydrogens (tertiary/aromatic N) is 1. The van der Waals surface area contributed by atoms with Gasteiger partial charge in [0.1, 0.15) is 0 Å². The molecule has 0 aliphatic heterocycles. The normalized spacial score (nSPS) is 9.92. The first-order valence-corrected chi connectivity index (χ1v) is 3.93. The van der Waals surface area contributed by atoms with Crippen molar-refractivity contribution in [2.24, 2.45) is 0 Å². The van der Waals surface area contributed by atoms with Gasteiger partial charge in [-0.05, 0) is 19.4 Å². The number of hydrogen-bond acceptors (Lipinski definition) is 2. The van der Waals surface area contributed by atoms with E-state index < -0.39 is 0 Å². The van der Waals surface area contributed by atoms with Gasteiger partial charge in [-0.25, -0.2) is 4.79 Å². The highest BCUT2D eigenvalue weighted by Gasteiger charge is 2.10. The molecule has 1 aromatic rings. The molecule has 1 rings (SSSR count). The van der Waals surface area contributed by atoms with Gasteiger partial charge < -0.3 is 9.30 Å². The summed E-state index contributed by atoms with van der Waals surface area (Å²) in [6.07, 6.45) is 3.74. The average molecular weight is 167 g/mol. The summed E-state index contributed by atoms with van der Waals surface area (Å²) in [5.74, 6) is -0.264. The van der Waals surface area contributed by atoms with Crippen LogP contribution in [0.1, 0.15) is 22.8 Å². The van der Waals surface area contributed by atoms with Crippen LogP contribution in [0.3, 0.4) is 0 Å². The fraction of sp³-hybridized carbons (Fsp3) is 0.444. The minimum Gasteiger partial charge on any atom is -0.465 e. The van der Waals surface area contributed by atoms with E-state index >= 15 is 0 Å². The molecule has 1 aromatic heterocycles. The van der Waals surface area contributed by atoms with Gasteiger partial charge in [0.05, 0.1) is 12.7 Å². The van der Waals surface area contributed by atoms with Crippen LogP contribution in [-0.4, -0.2) is 17.6 Å². The highest BCUT2D eigenvalue weighted by Crippen LogP contribution is 2.10. The molecule has 0 aliphatic carbocycles. The molecule has 0 saturated carbocycles. The smallest absolute Gasteiger partial charge is 0.339 e. The molecule has 0 N–H and O–H groups in total. The van der Waals surface area contributed by atoms with Crippen LogP contribution < -0.4 is 0 Å². The Balaban J connectivity index is 2.99. The van der Waals surface area contributed by atoms with Crippen molar-refractivity contribution in [3.8, 4) is 0 Å². The van der Waals surface area contributed by atoms with Gasteiger partial charge in [-0.15, -0.1) is 0 Å². The van der Waals surface area contributed by atoms with E-state index in [0.717, 1.165) is 12.1 Å². The van der Waals surface area contributed by atoms with Crippen molar-refractivity contribution in [2.45, 2.75) is 20.4 Å². The highest BCUT2D eigenvalue weighted by molar-refractivity contribution is 5.90. The number of hydrogen-bond donors (Lipinski definition) is 0. The lowest BCUT2D eigenvalue weighted by Gasteiger charge is -1.95. The lowest BCUT2D eigenvalue weighted by Crippen LogP contribution is -2.01. The van der Waals surface area contributed by atoms with E-state index in [1.807, 2.05) is 24.6 Å². The van der Waals surface area contributed by atoms with Crippen LogP contribution in [0.5, 0.6) is 0 Å². The number of aryl methyl sites for hydroxylation is 2. The van der Waals surface area contributed by atoms with Crippen molar-refractivity contribution in [1.82, 2.24) is 4.57 Å². The van der Waals surface area contributed by atoms with Gasteiger partial charge in [0.15, 0.2) is 0 Å². The Morgan fingerprint density at radius 2 is 2.25 bits per heavy atom. The van der Waals surface area contributed by atoms with Gasteiger partial charge >= 0.3 is 5.97 Å². The maximum absolute atomic E-state index is 11.1. The van der Waals surface area contributed by atoms with Gasteiger partial charge in [-0.3, -0.25) is 0 Å². The molecular formula is C9H13NO2. The molecule has 0 bridgehead atoms. The fourth-order valence-corrected chi connectivity index (χ4v) is 1.13. The third-order valence-electron chi connectivity index (χ3n) is 1.85. The first kappa shape index (κ1) is 8.84. The quantitative estimate of drug-likeness (QED) is 0.626. The van der Waals surface area contributed by atoms with E-state index in [1.165, 1.54) is 7.11 Å². The van der Waals surface area contributed by atoms with Crippen molar-refractivity contribution in [3.63, 3.8) is 0 Å². The van der Waals surface area contributed by atoms with E-state index in [0.29, 0.717) is 5.56 Å². The van der Waals surface area contributed by atoms with Crippen molar-refractivity contribution in [1.29, 1.82) is 0 Å². The molecule has 0 saturated heterocycles. The summed E-state index contributed by atoms with van der Waals surface area (Å²) in [6.45, 7) is 4.80. The first-order chi connectivity index (χ1) is 5.69. The van der Waals surface area contributed by atoms with Crippen LogP contribution in [0.2, 0.25) is 0 Å². The Hall–Kier alpha value is -1.25. The van der Waals surface area contributed by atoms with E-state index in [-0.39, 0.29) is 5.97 Å². The third kappa shape index (κ3) is 1.49. The summed E-state index contributed by atoms with van der Waals surface area (Å²) in [5, 5.41) is 0. The Kier molecular flexibility index (Phi) is 2.53. The molecule has 0 fully saturated rings. The minimum atomic E-state index is -0.264. The maximum Gasteiger partial charge on any atom is 0.339 e. The second-order valence-electron chi connectivity index (χ2n) is 2.68. The Morgan fingerprint density at radius 3 is 2.67 bits per heavy atom. The number of carbonyl (C=O) groups excluding carboxylic acids is 1. The van der Waals surface area contributed by atoms with Gasteiger partial charge in [0, 0.05) is 18.9 Å². The summed E-state index contributed by atoms with van der Waals surface area (Å²) in [5.41, 5.74) is 1.61. The van der Waals surface area contributed by atoms with Crippen LogP contribution in [-0.2, 0) is 11.3 Å². The molecular weight excluding hydrogens is 154 g/mol. The molecule has 3 nitrogen and oxygen atoms in total. The topological polar surface area (TPSA) is 31.2 Å². The molecule has 0 aliphatic rings. The molecule has 0 spiro atoms. The van der Waals surface area contributed by atoms with Crippen molar-refractivity contribution in [2.75, 3.05) is 7.11 Å². The van der Waals surface area contributed by atoms with Crippen molar-refractivity contribution in [3.05, 3.63) is 23.5 Å². The minimum absolute atomic E-state index is 0.264. The Morgan fingerprint density at radius 1 is 1.58 bits per heavy atom. The number of ether oxygens (including phenoxy) is 1. The summed E-state index contributed by atoms with van der Waals surface area (Å²) in [4.78, 5) is 11.1. The molecule has 1 heterocycles. The van der Waals surface area contributed by atoms with E-state index in [1.54, 1.807) is 6.20 Å². The van der Waals surface area contributed by atoms with Crippen LogP contribution in [0.15, 0.2) is 12.4 Å². The van der Waals surface area contributed by atoms with Crippen LogP contribution in [0.25, 0.3) is 0 Å². The zero-order valence-electron chi connectivity index (χ0n) is 7.63. The maximum atomic E-state index is 11.1.